The molecule has 0 spiro atoms. The Kier molecular flexibility index (Phi) is 3.14. The number of nitrogen functional groups attached to an aromatic ring is 1. The van der Waals surface area contributed by atoms with E-state index in [0.29, 0.717) is 33.0 Å². The summed E-state index contributed by atoms with van der Waals surface area (Å²) >= 11 is 3.28. The van der Waals surface area contributed by atoms with Gasteiger partial charge in [-0.05, 0) is 31.0 Å². The Bertz CT molecular complexity index is 870. The summed E-state index contributed by atoms with van der Waals surface area (Å²) in [5.74, 6) is 1.42. The van der Waals surface area contributed by atoms with Crippen LogP contribution in [-0.2, 0) is 0 Å². The number of aromatic nitrogens is 3. The second kappa shape index (κ2) is 5.05. The molecule has 0 unspecified atom stereocenters. The quantitative estimate of drug-likeness (QED) is 0.746. The monoisotopic (exact) mass is 360 g/mol. The van der Waals surface area contributed by atoms with Gasteiger partial charge in [0.15, 0.2) is 0 Å². The van der Waals surface area contributed by atoms with Crippen LogP contribution in [0.5, 0.6) is 0 Å². The first-order chi connectivity index (χ1) is 10.6. The van der Waals surface area contributed by atoms with Crippen molar-refractivity contribution in [3.63, 3.8) is 0 Å². The smallest absolute Gasteiger partial charge is 0.150 e. The molecule has 1 aliphatic carbocycles. The molecule has 2 heterocycles. The molecule has 112 valence electrons. The van der Waals surface area contributed by atoms with E-state index in [9.17, 15) is 4.39 Å². The van der Waals surface area contributed by atoms with E-state index < -0.39 is 0 Å². The average Bonchev–Trinajstić information content (AvgIpc) is 2.78. The molecule has 2 N–H and O–H groups in total. The predicted octanol–water partition coefficient (Wildman–Crippen LogP) is 4.15. The number of fused-ring (bicyclic) bond motifs is 1. The molecule has 1 saturated carbocycles. The van der Waals surface area contributed by atoms with Crippen LogP contribution in [0.3, 0.4) is 0 Å². The van der Waals surface area contributed by atoms with Crippen LogP contribution in [-0.4, -0.2) is 14.4 Å². The van der Waals surface area contributed by atoms with Crippen molar-refractivity contribution in [3.05, 3.63) is 46.7 Å². The van der Waals surface area contributed by atoms with E-state index in [1.807, 2.05) is 10.6 Å². The highest BCUT2D eigenvalue weighted by Crippen LogP contribution is 2.39. The van der Waals surface area contributed by atoms with Crippen LogP contribution < -0.4 is 5.73 Å². The van der Waals surface area contributed by atoms with Gasteiger partial charge in [0.25, 0.3) is 0 Å². The molecule has 2 aromatic heterocycles. The zero-order valence-corrected chi connectivity index (χ0v) is 13.3. The molecule has 3 aromatic rings. The summed E-state index contributed by atoms with van der Waals surface area (Å²) in [6, 6.07) is 4.97. The van der Waals surface area contributed by atoms with Crippen molar-refractivity contribution in [1.82, 2.24) is 14.4 Å². The third-order valence-corrected chi connectivity index (χ3v) is 4.76. The fraction of sp³-hybridized carbons (Fsp3) is 0.250. The minimum Gasteiger partial charge on any atom is -0.382 e. The largest absolute Gasteiger partial charge is 0.382 e. The zero-order valence-electron chi connectivity index (χ0n) is 11.8. The first-order valence-corrected chi connectivity index (χ1v) is 8.02. The average molecular weight is 361 g/mol. The maximum absolute atomic E-state index is 14.4. The summed E-state index contributed by atoms with van der Waals surface area (Å²) < 4.78 is 17.0. The van der Waals surface area contributed by atoms with Gasteiger partial charge in [-0.25, -0.2) is 14.4 Å². The summed E-state index contributed by atoms with van der Waals surface area (Å²) in [5.41, 5.74) is 7.75. The van der Waals surface area contributed by atoms with Crippen LogP contribution in [0.1, 0.15) is 31.0 Å². The Morgan fingerprint density at radius 2 is 2.14 bits per heavy atom. The topological polar surface area (TPSA) is 56.2 Å². The molecule has 0 saturated heterocycles. The highest BCUT2D eigenvalue weighted by molar-refractivity contribution is 9.10. The maximum atomic E-state index is 14.4. The van der Waals surface area contributed by atoms with Gasteiger partial charge in [-0.3, -0.25) is 4.40 Å². The fourth-order valence-corrected chi connectivity index (χ4v) is 3.24. The number of anilines is 1. The van der Waals surface area contributed by atoms with E-state index in [0.717, 1.165) is 18.7 Å². The second-order valence-electron chi connectivity index (χ2n) is 5.60. The van der Waals surface area contributed by atoms with Gasteiger partial charge in [-0.15, -0.1) is 0 Å². The van der Waals surface area contributed by atoms with Crippen molar-refractivity contribution in [2.45, 2.75) is 25.2 Å². The normalized spacial score (nSPS) is 15.2. The lowest BCUT2D eigenvalue weighted by atomic mass is 9.85. The lowest BCUT2D eigenvalue weighted by molar-refractivity contribution is 0.400. The summed E-state index contributed by atoms with van der Waals surface area (Å²) in [6.45, 7) is 0. The second-order valence-corrected chi connectivity index (χ2v) is 6.52. The molecular formula is C16H14BrFN4. The number of nitrogens with zero attached hydrogens (tertiary/aromatic N) is 3. The Hall–Kier alpha value is -1.95. The molecule has 1 aromatic carbocycles. The molecule has 1 aliphatic rings. The van der Waals surface area contributed by atoms with Crippen LogP contribution in [0.15, 0.2) is 35.1 Å². The fourth-order valence-electron chi connectivity index (χ4n) is 2.91. The number of hydrogen-bond donors (Lipinski definition) is 1. The van der Waals surface area contributed by atoms with Crippen molar-refractivity contribution in [3.8, 4) is 11.3 Å². The van der Waals surface area contributed by atoms with Gasteiger partial charge in [-0.1, -0.05) is 22.4 Å². The molecule has 4 rings (SSSR count). The Balaban J connectivity index is 2.00. The number of rotatable bonds is 2. The van der Waals surface area contributed by atoms with Crippen molar-refractivity contribution < 1.29 is 4.39 Å². The molecule has 0 amide bonds. The van der Waals surface area contributed by atoms with Crippen LogP contribution in [0.4, 0.5) is 10.2 Å². The number of benzene rings is 1. The molecule has 4 nitrogen and oxygen atoms in total. The Labute approximate surface area is 135 Å². The molecule has 0 bridgehead atoms. The van der Waals surface area contributed by atoms with Gasteiger partial charge in [0.05, 0.1) is 0 Å². The standard InChI is InChI=1S/C16H14BrFN4/c17-10-4-5-11(12(18)8-10)13-14-15(19)20-6-7-22(14)16(21-13)9-2-1-3-9/h4-9H,1-3H2,(H2,19,20). The molecule has 0 radical (unpaired) electrons. The number of nitrogens with two attached hydrogens (primary N) is 1. The zero-order chi connectivity index (χ0) is 15.3. The van der Waals surface area contributed by atoms with E-state index in [4.69, 9.17) is 10.7 Å². The van der Waals surface area contributed by atoms with E-state index in [2.05, 4.69) is 20.9 Å². The Morgan fingerprint density at radius 1 is 1.32 bits per heavy atom. The first-order valence-electron chi connectivity index (χ1n) is 7.23. The molecule has 22 heavy (non-hydrogen) atoms. The van der Waals surface area contributed by atoms with Crippen molar-refractivity contribution in [2.24, 2.45) is 0 Å². The maximum Gasteiger partial charge on any atom is 0.150 e. The Morgan fingerprint density at radius 3 is 2.82 bits per heavy atom. The molecule has 0 aliphatic heterocycles. The molecule has 0 atom stereocenters. The number of hydrogen-bond acceptors (Lipinski definition) is 3. The summed E-state index contributed by atoms with van der Waals surface area (Å²) in [4.78, 5) is 8.86. The van der Waals surface area contributed by atoms with E-state index in [1.165, 1.54) is 12.5 Å². The van der Waals surface area contributed by atoms with Crippen LogP contribution >= 0.6 is 15.9 Å². The molecule has 6 heteroatoms. The van der Waals surface area contributed by atoms with Gasteiger partial charge in [-0.2, -0.15) is 0 Å². The minimum absolute atomic E-state index is 0.321. The van der Waals surface area contributed by atoms with Gasteiger partial charge >= 0.3 is 0 Å². The van der Waals surface area contributed by atoms with Gasteiger partial charge < -0.3 is 5.73 Å². The number of halogens is 2. The van der Waals surface area contributed by atoms with Crippen LogP contribution in [0, 0.1) is 5.82 Å². The number of imidazole rings is 1. The van der Waals surface area contributed by atoms with Crippen molar-refractivity contribution in [1.29, 1.82) is 0 Å². The molecular weight excluding hydrogens is 347 g/mol. The highest BCUT2D eigenvalue weighted by atomic mass is 79.9. The lowest BCUT2D eigenvalue weighted by Gasteiger charge is -2.23. The third kappa shape index (κ3) is 2.01. The summed E-state index contributed by atoms with van der Waals surface area (Å²) in [7, 11) is 0. The van der Waals surface area contributed by atoms with Crippen molar-refractivity contribution in [2.75, 3.05) is 5.73 Å². The minimum atomic E-state index is -0.321. The van der Waals surface area contributed by atoms with Crippen LogP contribution in [0.2, 0.25) is 0 Å². The van der Waals surface area contributed by atoms with Gasteiger partial charge in [0.2, 0.25) is 0 Å². The summed E-state index contributed by atoms with van der Waals surface area (Å²) in [6.07, 6.45) is 6.95. The third-order valence-electron chi connectivity index (χ3n) is 4.27. The predicted molar refractivity (Wildman–Crippen MR) is 87.1 cm³/mol. The van der Waals surface area contributed by atoms with E-state index >= 15 is 0 Å². The first kappa shape index (κ1) is 13.7. The van der Waals surface area contributed by atoms with Gasteiger partial charge in [0, 0.05) is 28.3 Å². The lowest BCUT2D eigenvalue weighted by Crippen LogP contribution is -2.12. The summed E-state index contributed by atoms with van der Waals surface area (Å²) in [5, 5.41) is 0. The van der Waals surface area contributed by atoms with E-state index in [1.54, 1.807) is 18.3 Å². The highest BCUT2D eigenvalue weighted by Gasteiger charge is 2.27. The van der Waals surface area contributed by atoms with Crippen molar-refractivity contribution >= 4 is 27.3 Å². The SMILES string of the molecule is Nc1nccn2c(C3CCC3)nc(-c3ccc(Br)cc3F)c12. The van der Waals surface area contributed by atoms with Gasteiger partial charge in [0.1, 0.15) is 28.7 Å². The van der Waals surface area contributed by atoms with E-state index in [-0.39, 0.29) is 5.82 Å². The van der Waals surface area contributed by atoms with Crippen LogP contribution in [0.25, 0.3) is 16.8 Å². The molecule has 1 fully saturated rings.